The Hall–Kier alpha value is -1.61. The summed E-state index contributed by atoms with van der Waals surface area (Å²) >= 11 is 0. The zero-order valence-corrected chi connectivity index (χ0v) is 11.1. The van der Waals surface area contributed by atoms with Gasteiger partial charge < -0.3 is 9.84 Å². The molecule has 0 aliphatic heterocycles. The molecule has 0 saturated heterocycles. The van der Waals surface area contributed by atoms with Gasteiger partial charge in [0.05, 0.1) is 6.61 Å². The molecule has 3 nitrogen and oxygen atoms in total. The van der Waals surface area contributed by atoms with Crippen molar-refractivity contribution in [3.05, 3.63) is 48.0 Å². The molecule has 0 bridgehead atoms. The molecule has 1 unspecified atom stereocenters. The number of rotatable bonds is 6. The fourth-order valence-corrected chi connectivity index (χ4v) is 1.68. The summed E-state index contributed by atoms with van der Waals surface area (Å²) in [5.74, 6) is -0.578. The highest BCUT2D eigenvalue weighted by atomic mass is 16.5. The second-order valence-electron chi connectivity index (χ2n) is 4.71. The molecule has 3 heteroatoms. The van der Waals surface area contributed by atoms with Gasteiger partial charge in [-0.3, -0.25) is 0 Å². The van der Waals surface area contributed by atoms with E-state index in [1.165, 1.54) is 5.56 Å². The summed E-state index contributed by atoms with van der Waals surface area (Å²) in [6.07, 6.45) is 1.55. The summed E-state index contributed by atoms with van der Waals surface area (Å²) in [4.78, 5) is 11.4. The fourth-order valence-electron chi connectivity index (χ4n) is 1.68. The lowest BCUT2D eigenvalue weighted by atomic mass is 9.93. The average Bonchev–Trinajstić information content (AvgIpc) is 2.35. The Labute approximate surface area is 108 Å². The quantitative estimate of drug-likeness (QED) is 0.786. The zero-order chi connectivity index (χ0) is 13.8. The third-order valence-electron chi connectivity index (χ3n) is 3.03. The number of ether oxygens (including phenoxy) is 1. The molecule has 0 heterocycles. The smallest absolute Gasteiger partial charge is 0.340 e. The number of carboxylic acid groups (broad SMARTS) is 1. The third-order valence-corrected chi connectivity index (χ3v) is 3.03. The van der Waals surface area contributed by atoms with Gasteiger partial charge in [0, 0.05) is 0 Å². The van der Waals surface area contributed by atoms with Crippen molar-refractivity contribution in [3.63, 3.8) is 0 Å². The van der Waals surface area contributed by atoms with Crippen LogP contribution < -0.4 is 0 Å². The van der Waals surface area contributed by atoms with Crippen LogP contribution in [0, 0.1) is 0 Å². The maximum absolute atomic E-state index is 11.4. The molecule has 0 fully saturated rings. The van der Waals surface area contributed by atoms with E-state index in [1.807, 2.05) is 24.3 Å². The third kappa shape index (κ3) is 2.99. The minimum absolute atomic E-state index is 0.203. The van der Waals surface area contributed by atoms with E-state index >= 15 is 0 Å². The summed E-state index contributed by atoms with van der Waals surface area (Å²) < 4.78 is 5.41. The van der Waals surface area contributed by atoms with Gasteiger partial charge in [-0.2, -0.15) is 0 Å². The van der Waals surface area contributed by atoms with Gasteiger partial charge in [0.2, 0.25) is 0 Å². The van der Waals surface area contributed by atoms with E-state index in [1.54, 1.807) is 13.0 Å². The van der Waals surface area contributed by atoms with Gasteiger partial charge in [0.15, 0.2) is 5.60 Å². The van der Waals surface area contributed by atoms with Crippen LogP contribution in [-0.2, 0) is 15.1 Å². The van der Waals surface area contributed by atoms with Gasteiger partial charge in [-0.05, 0) is 24.0 Å². The Morgan fingerprint density at radius 3 is 2.39 bits per heavy atom. The molecule has 0 saturated carbocycles. The largest absolute Gasteiger partial charge is 0.479 e. The molecule has 0 aliphatic carbocycles. The van der Waals surface area contributed by atoms with Crippen molar-refractivity contribution in [1.82, 2.24) is 0 Å². The number of hydrogen-bond donors (Lipinski definition) is 1. The minimum atomic E-state index is -1.33. The highest BCUT2D eigenvalue weighted by Crippen LogP contribution is 2.27. The molecule has 0 aromatic heterocycles. The van der Waals surface area contributed by atoms with Crippen molar-refractivity contribution in [2.24, 2.45) is 0 Å². The first-order valence-corrected chi connectivity index (χ1v) is 6.00. The predicted octanol–water partition coefficient (Wildman–Crippen LogP) is 3.31. The molecule has 0 radical (unpaired) electrons. The van der Waals surface area contributed by atoms with Crippen molar-refractivity contribution >= 4 is 5.97 Å². The highest BCUT2D eigenvalue weighted by molar-refractivity contribution is 5.79. The van der Waals surface area contributed by atoms with Crippen LogP contribution in [0.5, 0.6) is 0 Å². The summed E-state index contributed by atoms with van der Waals surface area (Å²) in [6.45, 7) is 9.49. The molecule has 1 rings (SSSR count). The Morgan fingerprint density at radius 1 is 1.44 bits per heavy atom. The molecular formula is C15H20O3. The number of aliphatic carboxylic acids is 1. The number of carboxylic acids is 1. The van der Waals surface area contributed by atoms with E-state index < -0.39 is 11.6 Å². The van der Waals surface area contributed by atoms with E-state index in [2.05, 4.69) is 20.4 Å². The van der Waals surface area contributed by atoms with E-state index in [0.29, 0.717) is 11.5 Å². The molecule has 0 spiro atoms. The molecule has 18 heavy (non-hydrogen) atoms. The first-order chi connectivity index (χ1) is 8.41. The standard InChI is InChI=1S/C15H20O3/c1-5-10-18-15(4,14(16)17)13-8-6-12(7-9-13)11(2)3/h5-9,11H,1,10H2,2-4H3,(H,16,17). The normalized spacial score (nSPS) is 14.2. The monoisotopic (exact) mass is 248 g/mol. The van der Waals surface area contributed by atoms with Gasteiger partial charge in [0.25, 0.3) is 0 Å². The van der Waals surface area contributed by atoms with Crippen LogP contribution in [0.1, 0.15) is 37.8 Å². The van der Waals surface area contributed by atoms with Crippen LogP contribution in [-0.4, -0.2) is 17.7 Å². The van der Waals surface area contributed by atoms with Crippen LogP contribution in [0.2, 0.25) is 0 Å². The van der Waals surface area contributed by atoms with Gasteiger partial charge in [-0.15, -0.1) is 6.58 Å². The molecular weight excluding hydrogens is 228 g/mol. The van der Waals surface area contributed by atoms with Gasteiger partial charge >= 0.3 is 5.97 Å². The van der Waals surface area contributed by atoms with Crippen molar-refractivity contribution in [1.29, 1.82) is 0 Å². The maximum atomic E-state index is 11.4. The van der Waals surface area contributed by atoms with Gasteiger partial charge in [-0.25, -0.2) is 4.79 Å². The van der Waals surface area contributed by atoms with Crippen LogP contribution in [0.25, 0.3) is 0 Å². The van der Waals surface area contributed by atoms with E-state index in [9.17, 15) is 9.90 Å². The van der Waals surface area contributed by atoms with Crippen LogP contribution in [0.4, 0.5) is 0 Å². The summed E-state index contributed by atoms with van der Waals surface area (Å²) in [6, 6.07) is 7.51. The van der Waals surface area contributed by atoms with Crippen molar-refractivity contribution < 1.29 is 14.6 Å². The summed E-state index contributed by atoms with van der Waals surface area (Å²) in [5.41, 5.74) is 0.487. The lowest BCUT2D eigenvalue weighted by Gasteiger charge is -2.25. The Balaban J connectivity index is 3.06. The fraction of sp³-hybridized carbons (Fsp3) is 0.400. The highest BCUT2D eigenvalue weighted by Gasteiger charge is 2.36. The molecule has 98 valence electrons. The number of benzene rings is 1. The lowest BCUT2D eigenvalue weighted by Crippen LogP contribution is -2.35. The number of hydrogen-bond acceptors (Lipinski definition) is 2. The molecule has 1 aromatic rings. The van der Waals surface area contributed by atoms with E-state index in [4.69, 9.17) is 4.74 Å². The Kier molecular flexibility index (Phi) is 4.68. The van der Waals surface area contributed by atoms with Gasteiger partial charge in [-0.1, -0.05) is 44.2 Å². The van der Waals surface area contributed by atoms with Crippen molar-refractivity contribution in [2.75, 3.05) is 6.61 Å². The average molecular weight is 248 g/mol. The predicted molar refractivity (Wildman–Crippen MR) is 71.7 cm³/mol. The van der Waals surface area contributed by atoms with Crippen LogP contribution >= 0.6 is 0 Å². The molecule has 0 amide bonds. The minimum Gasteiger partial charge on any atom is -0.479 e. The van der Waals surface area contributed by atoms with Crippen LogP contribution in [0.3, 0.4) is 0 Å². The molecule has 1 N–H and O–H groups in total. The van der Waals surface area contributed by atoms with Gasteiger partial charge in [0.1, 0.15) is 0 Å². The first kappa shape index (κ1) is 14.5. The topological polar surface area (TPSA) is 46.5 Å². The Bertz CT molecular complexity index is 420. The second-order valence-corrected chi connectivity index (χ2v) is 4.71. The van der Waals surface area contributed by atoms with E-state index in [-0.39, 0.29) is 6.61 Å². The number of carbonyl (C=O) groups is 1. The molecule has 1 aromatic carbocycles. The van der Waals surface area contributed by atoms with Crippen molar-refractivity contribution in [3.8, 4) is 0 Å². The maximum Gasteiger partial charge on any atom is 0.340 e. The molecule has 1 atom stereocenters. The SMILES string of the molecule is C=CCOC(C)(C(=O)O)c1ccc(C(C)C)cc1. The molecule has 0 aliphatic rings. The van der Waals surface area contributed by atoms with E-state index in [0.717, 1.165) is 0 Å². The Morgan fingerprint density at radius 2 is 2.00 bits per heavy atom. The van der Waals surface area contributed by atoms with Crippen molar-refractivity contribution in [2.45, 2.75) is 32.3 Å². The zero-order valence-electron chi connectivity index (χ0n) is 11.1. The summed E-state index contributed by atoms with van der Waals surface area (Å²) in [5, 5.41) is 9.33. The summed E-state index contributed by atoms with van der Waals surface area (Å²) in [7, 11) is 0. The first-order valence-electron chi connectivity index (χ1n) is 6.00. The second kappa shape index (κ2) is 5.83. The lowest BCUT2D eigenvalue weighted by molar-refractivity contribution is -0.163. The van der Waals surface area contributed by atoms with Crippen LogP contribution in [0.15, 0.2) is 36.9 Å².